The normalized spacial score (nSPS) is 11.0. The molecule has 0 saturated heterocycles. The molecule has 1 aromatic carbocycles. The van der Waals surface area contributed by atoms with E-state index < -0.39 is 17.8 Å². The van der Waals surface area contributed by atoms with Crippen molar-refractivity contribution in [2.24, 2.45) is 0 Å². The van der Waals surface area contributed by atoms with Gasteiger partial charge in [-0.3, -0.25) is 19.7 Å². The van der Waals surface area contributed by atoms with Crippen molar-refractivity contribution in [2.45, 2.75) is 19.3 Å². The zero-order chi connectivity index (χ0) is 19.9. The monoisotopic (exact) mass is 365 g/mol. The minimum Gasteiger partial charge on any atom is -0.480 e. The summed E-state index contributed by atoms with van der Waals surface area (Å²) in [7, 11) is 3.75. The lowest BCUT2D eigenvalue weighted by Gasteiger charge is -2.06. The predicted molar refractivity (Wildman–Crippen MR) is 95.3 cm³/mol. The van der Waals surface area contributed by atoms with Gasteiger partial charge in [0.2, 0.25) is 0 Å². The van der Waals surface area contributed by atoms with Gasteiger partial charge < -0.3 is 25.3 Å². The van der Waals surface area contributed by atoms with Gasteiger partial charge in [-0.25, -0.2) is 0 Å². The maximum absolute atomic E-state index is 11.4. The second kappa shape index (κ2) is 13.2. The average Bonchev–Trinajstić information content (AvgIpc) is 2.90. The highest BCUT2D eigenvalue weighted by Crippen LogP contribution is 2.23. The molecule has 1 heterocycles. The number of fused-ring (bicyclic) bond motifs is 1. The van der Waals surface area contributed by atoms with Crippen LogP contribution in [0.15, 0.2) is 18.2 Å². The molecule has 0 radical (unpaired) electrons. The molecule has 1 aromatic rings. The molecule has 1 aliphatic heterocycles. The summed E-state index contributed by atoms with van der Waals surface area (Å²) in [6.07, 6.45) is 3.37. The van der Waals surface area contributed by atoms with Gasteiger partial charge in [-0.15, -0.1) is 0 Å². The van der Waals surface area contributed by atoms with Crippen LogP contribution in [0.1, 0.15) is 40.0 Å². The molecule has 1 aliphatic rings. The Bertz CT molecular complexity index is 637. The van der Waals surface area contributed by atoms with Crippen LogP contribution in [-0.2, 0) is 14.4 Å². The number of hydrogen-bond acceptors (Lipinski definition) is 7. The summed E-state index contributed by atoms with van der Waals surface area (Å²) in [5.74, 6) is -2.00. The van der Waals surface area contributed by atoms with Gasteiger partial charge in [0.25, 0.3) is 11.8 Å². The van der Waals surface area contributed by atoms with Gasteiger partial charge >= 0.3 is 5.97 Å². The fraction of sp³-hybridized carbons (Fsp3) is 0.353. The van der Waals surface area contributed by atoms with E-state index >= 15 is 0 Å². The number of aliphatic carboxylic acids is 1. The molecule has 0 aromatic heterocycles. The number of amides is 2. The first-order valence-electron chi connectivity index (χ1n) is 7.83. The summed E-state index contributed by atoms with van der Waals surface area (Å²) >= 11 is 0. The Morgan fingerprint density at radius 2 is 1.69 bits per heavy atom. The number of carbonyl (C=O) groups is 5. The SMILES string of the molecule is CNC.O=C(O)CNc1cccc2c1C(=O)NC2=O.O=CCCCC=O. The molecule has 9 heteroatoms. The Morgan fingerprint density at radius 3 is 2.19 bits per heavy atom. The van der Waals surface area contributed by atoms with E-state index in [9.17, 15) is 24.0 Å². The Kier molecular flexibility index (Phi) is 11.7. The van der Waals surface area contributed by atoms with Crippen LogP contribution < -0.4 is 16.0 Å². The molecule has 0 atom stereocenters. The quantitative estimate of drug-likeness (QED) is 0.310. The molecule has 0 fully saturated rings. The fourth-order valence-corrected chi connectivity index (χ4v) is 1.82. The largest absolute Gasteiger partial charge is 0.480 e. The van der Waals surface area contributed by atoms with Crippen LogP contribution in [0.25, 0.3) is 0 Å². The van der Waals surface area contributed by atoms with E-state index in [0.717, 1.165) is 12.6 Å². The first-order valence-corrected chi connectivity index (χ1v) is 7.83. The summed E-state index contributed by atoms with van der Waals surface area (Å²) in [5, 5.41) is 16.0. The van der Waals surface area contributed by atoms with E-state index in [-0.39, 0.29) is 17.7 Å². The highest BCUT2D eigenvalue weighted by molar-refractivity contribution is 6.23. The molecule has 2 amide bonds. The lowest BCUT2D eigenvalue weighted by molar-refractivity contribution is -0.135. The molecule has 0 unspecified atom stereocenters. The summed E-state index contributed by atoms with van der Waals surface area (Å²) in [4.78, 5) is 52.2. The van der Waals surface area contributed by atoms with Crippen molar-refractivity contribution in [3.05, 3.63) is 29.3 Å². The van der Waals surface area contributed by atoms with Gasteiger partial charge in [0.1, 0.15) is 19.1 Å². The Morgan fingerprint density at radius 1 is 1.12 bits per heavy atom. The third kappa shape index (κ3) is 8.15. The standard InChI is InChI=1S/C10H8N2O4.C5H8O2.C2H7N/c13-7(14)4-11-6-3-1-2-5-8(6)10(16)12-9(5)15;6-4-2-1-3-5-7;1-3-2/h1-3,11H,4H2,(H,13,14)(H,12,15,16);4-5H,1-3H2;3H,1-2H3. The minimum absolute atomic E-state index is 0.203. The molecule has 4 N–H and O–H groups in total. The zero-order valence-electron chi connectivity index (χ0n) is 14.7. The third-order valence-corrected chi connectivity index (χ3v) is 2.84. The van der Waals surface area contributed by atoms with Crippen LogP contribution in [0.4, 0.5) is 5.69 Å². The minimum atomic E-state index is -1.04. The summed E-state index contributed by atoms with van der Waals surface area (Å²) in [6, 6.07) is 4.66. The topological polar surface area (TPSA) is 142 Å². The molecule has 0 aliphatic carbocycles. The van der Waals surface area contributed by atoms with Crippen LogP contribution in [-0.4, -0.2) is 56.1 Å². The second-order valence-corrected chi connectivity index (χ2v) is 5.02. The number of hydrogen-bond donors (Lipinski definition) is 4. The molecule has 9 nitrogen and oxygen atoms in total. The lowest BCUT2D eigenvalue weighted by Crippen LogP contribution is -2.20. The van der Waals surface area contributed by atoms with Gasteiger partial charge in [-0.05, 0) is 32.6 Å². The lowest BCUT2D eigenvalue weighted by atomic mass is 10.1. The molecule has 0 bridgehead atoms. The van der Waals surface area contributed by atoms with E-state index in [4.69, 9.17) is 5.11 Å². The molecule has 142 valence electrons. The number of nitrogens with one attached hydrogen (secondary N) is 3. The Labute approximate surface area is 151 Å². The Balaban J connectivity index is 0.000000526. The highest BCUT2D eigenvalue weighted by Gasteiger charge is 2.29. The molecule has 26 heavy (non-hydrogen) atoms. The predicted octanol–water partition coefficient (Wildman–Crippen LogP) is 0.457. The number of aldehydes is 2. The second-order valence-electron chi connectivity index (χ2n) is 5.02. The van der Waals surface area contributed by atoms with Crippen LogP contribution >= 0.6 is 0 Å². The highest BCUT2D eigenvalue weighted by atomic mass is 16.4. The van der Waals surface area contributed by atoms with Gasteiger partial charge in [0.05, 0.1) is 11.1 Å². The van der Waals surface area contributed by atoms with Crippen molar-refractivity contribution < 1.29 is 29.1 Å². The van der Waals surface area contributed by atoms with Crippen molar-refractivity contribution >= 4 is 36.0 Å². The molecular formula is C17H23N3O6. The van der Waals surface area contributed by atoms with Gasteiger partial charge in [-0.2, -0.15) is 0 Å². The van der Waals surface area contributed by atoms with Crippen molar-refractivity contribution in [1.29, 1.82) is 0 Å². The van der Waals surface area contributed by atoms with Crippen LogP contribution in [0, 0.1) is 0 Å². The zero-order valence-corrected chi connectivity index (χ0v) is 14.7. The van der Waals surface area contributed by atoms with Gasteiger partial charge in [0, 0.05) is 18.5 Å². The number of imide groups is 1. The fourth-order valence-electron chi connectivity index (χ4n) is 1.82. The van der Waals surface area contributed by atoms with E-state index in [2.05, 4.69) is 16.0 Å². The van der Waals surface area contributed by atoms with E-state index in [1.165, 1.54) is 6.07 Å². The van der Waals surface area contributed by atoms with E-state index in [1.54, 1.807) is 12.1 Å². The summed E-state index contributed by atoms with van der Waals surface area (Å²) < 4.78 is 0. The number of unbranched alkanes of at least 4 members (excludes halogenated alkanes) is 2. The third-order valence-electron chi connectivity index (χ3n) is 2.84. The van der Waals surface area contributed by atoms with Crippen molar-refractivity contribution in [3.8, 4) is 0 Å². The van der Waals surface area contributed by atoms with Crippen molar-refractivity contribution in [3.63, 3.8) is 0 Å². The number of benzene rings is 1. The number of carboxylic acid groups (broad SMARTS) is 1. The Hall–Kier alpha value is -3.07. The van der Waals surface area contributed by atoms with E-state index in [1.807, 2.05) is 14.1 Å². The van der Waals surface area contributed by atoms with Gasteiger partial charge in [0.15, 0.2) is 0 Å². The first kappa shape index (κ1) is 22.9. The number of carbonyl (C=O) groups excluding carboxylic acids is 4. The first-order chi connectivity index (χ1) is 12.4. The van der Waals surface area contributed by atoms with Crippen LogP contribution in [0.3, 0.4) is 0 Å². The number of carboxylic acids is 1. The van der Waals surface area contributed by atoms with Crippen molar-refractivity contribution in [2.75, 3.05) is 26.0 Å². The van der Waals surface area contributed by atoms with Crippen LogP contribution in [0.5, 0.6) is 0 Å². The van der Waals surface area contributed by atoms with Gasteiger partial charge in [-0.1, -0.05) is 6.07 Å². The molecular weight excluding hydrogens is 342 g/mol. The maximum Gasteiger partial charge on any atom is 0.322 e. The van der Waals surface area contributed by atoms with Crippen LogP contribution in [0.2, 0.25) is 0 Å². The summed E-state index contributed by atoms with van der Waals surface area (Å²) in [5.41, 5.74) is 0.817. The smallest absolute Gasteiger partial charge is 0.322 e. The molecule has 0 spiro atoms. The summed E-state index contributed by atoms with van der Waals surface area (Å²) in [6.45, 7) is -0.308. The average molecular weight is 365 g/mol. The molecule has 2 rings (SSSR count). The van der Waals surface area contributed by atoms with Crippen molar-refractivity contribution in [1.82, 2.24) is 10.6 Å². The number of rotatable bonds is 7. The maximum atomic E-state index is 11.4. The van der Waals surface area contributed by atoms with E-state index in [0.29, 0.717) is 24.9 Å². The molecule has 0 saturated carbocycles. The number of anilines is 1.